The number of esters is 1. The van der Waals surface area contributed by atoms with E-state index in [2.05, 4.69) is 15.9 Å². The maximum absolute atomic E-state index is 12.3. The summed E-state index contributed by atoms with van der Waals surface area (Å²) in [5.41, 5.74) is 0. The lowest BCUT2D eigenvalue weighted by Gasteiger charge is -2.40. The smallest absolute Gasteiger partial charge is 0.331 e. The molecular weight excluding hydrogens is 441 g/mol. The molecule has 0 aromatic rings. The van der Waals surface area contributed by atoms with Crippen molar-refractivity contribution >= 4 is 60.2 Å². The fraction of sp³-hybridized carbons (Fsp3) is 0.778. The van der Waals surface area contributed by atoms with E-state index in [4.69, 9.17) is 4.74 Å². The molecule has 9 heteroatoms. The van der Waals surface area contributed by atoms with E-state index in [-0.39, 0.29) is 10.5 Å². The highest BCUT2D eigenvalue weighted by Gasteiger charge is 2.71. The predicted octanol–water partition coefficient (Wildman–Crippen LogP) is 0.430. The molecule has 0 spiro atoms. The third kappa shape index (κ3) is 1.59. The van der Waals surface area contributed by atoms with Crippen LogP contribution in [0.4, 0.5) is 0 Å². The van der Waals surface area contributed by atoms with E-state index in [0.717, 1.165) is 4.90 Å². The Morgan fingerprint density at radius 2 is 2.11 bits per heavy atom. The van der Waals surface area contributed by atoms with Gasteiger partial charge < -0.3 is 9.64 Å². The molecule has 2 aliphatic rings. The lowest BCUT2D eigenvalue weighted by molar-refractivity contribution is -0.158. The second kappa shape index (κ2) is 4.30. The van der Waals surface area contributed by atoms with Crippen LogP contribution in [0.2, 0.25) is 0 Å². The van der Waals surface area contributed by atoms with Crippen LogP contribution in [0.15, 0.2) is 0 Å². The molecule has 0 aromatic carbocycles. The maximum Gasteiger partial charge on any atom is 0.331 e. The van der Waals surface area contributed by atoms with Crippen molar-refractivity contribution in [3.05, 3.63) is 0 Å². The zero-order chi connectivity index (χ0) is 13.9. The molecule has 0 unspecified atom stereocenters. The Labute approximate surface area is 127 Å². The van der Waals surface area contributed by atoms with Gasteiger partial charge in [-0.15, -0.1) is 0 Å². The Hall–Kier alpha value is 0.1000. The summed E-state index contributed by atoms with van der Waals surface area (Å²) in [5.74, 6) is -1.06. The first kappa shape index (κ1) is 14.5. The molecule has 2 rings (SSSR count). The first-order valence-electron chi connectivity index (χ1n) is 5.10. The molecule has 2 saturated heterocycles. The summed E-state index contributed by atoms with van der Waals surface area (Å²) in [5, 5.41) is -0.966. The number of amides is 1. The topological polar surface area (TPSA) is 80.8 Å². The van der Waals surface area contributed by atoms with Crippen LogP contribution >= 0.6 is 38.5 Å². The number of rotatable bonds is 2. The normalized spacial score (nSPS) is 35.9. The molecule has 2 aliphatic heterocycles. The molecule has 0 aliphatic carbocycles. The van der Waals surface area contributed by atoms with Crippen molar-refractivity contribution in [2.24, 2.45) is 0 Å². The fourth-order valence-corrected chi connectivity index (χ4v) is 6.11. The molecular formula is C9H11BrINO5S. The van der Waals surface area contributed by atoms with E-state index >= 15 is 0 Å². The largest absolute Gasteiger partial charge is 0.453 e. The lowest BCUT2D eigenvalue weighted by Crippen LogP contribution is -2.64. The number of sulfone groups is 1. The van der Waals surface area contributed by atoms with Crippen molar-refractivity contribution in [2.45, 2.75) is 34.8 Å². The summed E-state index contributed by atoms with van der Waals surface area (Å²) in [4.78, 5) is 24.0. The Morgan fingerprint density at radius 3 is 2.61 bits per heavy atom. The third-order valence-electron chi connectivity index (χ3n) is 3.42. The van der Waals surface area contributed by atoms with E-state index in [1.807, 2.05) is 22.6 Å². The van der Waals surface area contributed by atoms with Crippen LogP contribution in [0.5, 0.6) is 0 Å². The van der Waals surface area contributed by atoms with Gasteiger partial charge >= 0.3 is 5.97 Å². The van der Waals surface area contributed by atoms with Gasteiger partial charge in [0.05, 0.1) is 0 Å². The minimum absolute atomic E-state index is 0.119. The minimum atomic E-state index is -3.61. The average Bonchev–Trinajstić information content (AvgIpc) is 2.41. The first-order valence-corrected chi connectivity index (χ1v) is 9.09. The van der Waals surface area contributed by atoms with Crippen molar-refractivity contribution in [1.82, 2.24) is 4.90 Å². The van der Waals surface area contributed by atoms with Crippen LogP contribution < -0.4 is 0 Å². The number of hydrogen-bond donors (Lipinski definition) is 0. The summed E-state index contributed by atoms with van der Waals surface area (Å²) in [7, 11) is -3.61. The lowest BCUT2D eigenvalue weighted by atomic mass is 9.98. The minimum Gasteiger partial charge on any atom is -0.453 e. The van der Waals surface area contributed by atoms with Crippen LogP contribution in [-0.4, -0.2) is 50.8 Å². The van der Waals surface area contributed by atoms with E-state index < -0.39 is 36.8 Å². The van der Waals surface area contributed by atoms with Gasteiger partial charge in [-0.25, -0.2) is 13.2 Å². The zero-order valence-corrected chi connectivity index (χ0v) is 14.2. The van der Waals surface area contributed by atoms with Crippen LogP contribution in [0.25, 0.3) is 0 Å². The number of nitrogens with zero attached hydrogens (tertiary/aromatic N) is 1. The van der Waals surface area contributed by atoms with Crippen molar-refractivity contribution in [3.63, 3.8) is 0 Å². The van der Waals surface area contributed by atoms with E-state index in [1.54, 1.807) is 0 Å². The molecule has 0 aromatic heterocycles. The van der Waals surface area contributed by atoms with Crippen LogP contribution in [0, 0.1) is 0 Å². The second-order valence-corrected chi connectivity index (χ2v) is 8.90. The molecule has 3 atom stereocenters. The molecule has 0 saturated carbocycles. The molecule has 2 fully saturated rings. The molecule has 6 nitrogen and oxygen atoms in total. The summed E-state index contributed by atoms with van der Waals surface area (Å²) in [6.45, 7) is 2.90. The van der Waals surface area contributed by atoms with Gasteiger partial charge in [-0.3, -0.25) is 4.79 Å². The number of halogens is 2. The van der Waals surface area contributed by atoms with Gasteiger partial charge in [0.25, 0.3) is 0 Å². The maximum atomic E-state index is 12.3. The second-order valence-electron chi connectivity index (χ2n) is 4.66. The summed E-state index contributed by atoms with van der Waals surface area (Å²) < 4.78 is 28.3. The monoisotopic (exact) mass is 451 g/mol. The highest BCUT2D eigenvalue weighted by Crippen LogP contribution is 2.48. The fourth-order valence-electron chi connectivity index (χ4n) is 2.36. The van der Waals surface area contributed by atoms with E-state index in [1.165, 1.54) is 13.8 Å². The van der Waals surface area contributed by atoms with Crippen LogP contribution in [-0.2, 0) is 24.2 Å². The van der Waals surface area contributed by atoms with Gasteiger partial charge in [0.2, 0.25) is 5.91 Å². The first-order chi connectivity index (χ1) is 8.17. The van der Waals surface area contributed by atoms with E-state index in [9.17, 15) is 18.0 Å². The van der Waals surface area contributed by atoms with Crippen LogP contribution in [0.3, 0.4) is 0 Å². The molecule has 102 valence electrons. The molecule has 2 heterocycles. The van der Waals surface area contributed by atoms with Gasteiger partial charge in [0.1, 0.15) is 20.2 Å². The Bertz CT molecular complexity index is 519. The quantitative estimate of drug-likeness (QED) is 0.263. The van der Waals surface area contributed by atoms with Gasteiger partial charge in [0.15, 0.2) is 15.2 Å². The predicted molar refractivity (Wildman–Crippen MR) is 75.1 cm³/mol. The standard InChI is InChI=1S/C9H11BrINO5S/c1-9(2)5(8(14)17-3-11)12-6(13)4(10)7(12)18(9,15)16/h4-5,7H,3H2,1-2H3/t4-,5-,7+/m0/s1. The SMILES string of the molecule is CC1(C)[C@H](C(=O)OCI)N2C(=O)[C@H](Br)[C@H]2S1(=O)=O. The van der Waals surface area contributed by atoms with Crippen molar-refractivity contribution < 1.29 is 22.7 Å². The van der Waals surface area contributed by atoms with Crippen LogP contribution in [0.1, 0.15) is 13.8 Å². The summed E-state index contributed by atoms with van der Waals surface area (Å²) >= 11 is 4.90. The Morgan fingerprint density at radius 1 is 1.56 bits per heavy atom. The highest BCUT2D eigenvalue weighted by molar-refractivity contribution is 14.1. The molecule has 0 N–H and O–H groups in total. The summed E-state index contributed by atoms with van der Waals surface area (Å²) in [6, 6.07) is -1.07. The molecule has 18 heavy (non-hydrogen) atoms. The van der Waals surface area contributed by atoms with Crippen molar-refractivity contribution in [1.29, 1.82) is 0 Å². The number of fused-ring (bicyclic) bond motifs is 1. The Kier molecular flexibility index (Phi) is 3.47. The van der Waals surface area contributed by atoms with Crippen molar-refractivity contribution in [3.8, 4) is 0 Å². The van der Waals surface area contributed by atoms with E-state index in [0.29, 0.717) is 0 Å². The molecule has 0 bridgehead atoms. The van der Waals surface area contributed by atoms with Gasteiger partial charge in [0, 0.05) is 0 Å². The molecule has 0 radical (unpaired) electrons. The van der Waals surface area contributed by atoms with Gasteiger partial charge in [-0.05, 0) is 36.4 Å². The van der Waals surface area contributed by atoms with Gasteiger partial charge in [-0.1, -0.05) is 15.9 Å². The number of β-lactam (4-membered cyclic amide) rings is 1. The molecule has 1 amide bonds. The number of carbonyl (C=O) groups excluding carboxylic acids is 2. The third-order valence-corrected chi connectivity index (χ3v) is 7.80. The average molecular weight is 452 g/mol. The van der Waals surface area contributed by atoms with Gasteiger partial charge in [-0.2, -0.15) is 0 Å². The number of alkyl halides is 2. The summed E-state index contributed by atoms with van der Waals surface area (Å²) in [6.07, 6.45) is 0. The highest BCUT2D eigenvalue weighted by atomic mass is 127. The number of carbonyl (C=O) groups is 2. The number of hydrogen-bond acceptors (Lipinski definition) is 5. The zero-order valence-electron chi connectivity index (χ0n) is 9.59. The Balaban J connectivity index is 2.48. The number of ether oxygens (including phenoxy) is 1. The van der Waals surface area contributed by atoms with Crippen molar-refractivity contribution in [2.75, 3.05) is 4.61 Å².